The van der Waals surface area contributed by atoms with E-state index in [1.165, 1.54) is 44.9 Å². The summed E-state index contributed by atoms with van der Waals surface area (Å²) in [5, 5.41) is 0. The molecule has 0 bridgehead atoms. The number of rotatable bonds is 7. The monoisotopic (exact) mass is 372 g/mol. The Bertz CT molecular complexity index is 801. The minimum Gasteiger partial charge on any atom is -0.102 e. The van der Waals surface area contributed by atoms with Crippen LogP contribution in [0, 0.1) is 11.8 Å². The van der Waals surface area contributed by atoms with E-state index in [1.807, 2.05) is 6.08 Å². The summed E-state index contributed by atoms with van der Waals surface area (Å²) in [7, 11) is 0. The second-order valence-corrected chi connectivity index (χ2v) is 8.46. The van der Waals surface area contributed by atoms with Crippen LogP contribution in [0.3, 0.4) is 0 Å². The highest BCUT2D eigenvalue weighted by molar-refractivity contribution is 5.48. The van der Waals surface area contributed by atoms with Gasteiger partial charge in [0, 0.05) is 0 Å². The van der Waals surface area contributed by atoms with Gasteiger partial charge in [0.25, 0.3) is 0 Å². The molecule has 0 heterocycles. The van der Waals surface area contributed by atoms with E-state index in [9.17, 15) is 0 Å². The first-order valence-corrected chi connectivity index (χ1v) is 11.1. The van der Waals surface area contributed by atoms with Crippen molar-refractivity contribution in [2.45, 2.75) is 65.7 Å². The van der Waals surface area contributed by atoms with Crippen LogP contribution in [0.2, 0.25) is 0 Å². The normalized spacial score (nSPS) is 22.4. The Labute approximate surface area is 172 Å². The van der Waals surface area contributed by atoms with Gasteiger partial charge in [0.15, 0.2) is 0 Å². The summed E-state index contributed by atoms with van der Waals surface area (Å²) in [5.41, 5.74) is 9.34. The minimum absolute atomic E-state index is 0.453. The Balaban J connectivity index is 1.65. The van der Waals surface area contributed by atoms with E-state index in [-0.39, 0.29) is 0 Å². The van der Waals surface area contributed by atoms with Crippen molar-refractivity contribution >= 4 is 0 Å². The Morgan fingerprint density at radius 2 is 1.29 bits per heavy atom. The predicted octanol–water partition coefficient (Wildman–Crippen LogP) is 8.35. The molecule has 0 aliphatic heterocycles. The standard InChI is InChI=1S/C28H36/c1-5-21(3)7-8-22(4)24-13-15-26(16-14-24)28-19-17-27(18-20-28)25-11-9-23(6-2)10-12-25/h5,7-9,11,13,15,17,19,21-22H,1,6,10,12,14,16,18,20H2,2-4H3/b8-7-. The molecular formula is C28H36. The van der Waals surface area contributed by atoms with Gasteiger partial charge >= 0.3 is 0 Å². The number of allylic oxidation sites excluding steroid dienone is 15. The fraction of sp³-hybridized carbons (Fsp3) is 0.429. The van der Waals surface area contributed by atoms with Crippen LogP contribution in [0.25, 0.3) is 0 Å². The first kappa shape index (κ1) is 20.6. The van der Waals surface area contributed by atoms with E-state index in [0.717, 1.165) is 0 Å². The summed E-state index contributed by atoms with van der Waals surface area (Å²) in [6.07, 6.45) is 29.2. The minimum atomic E-state index is 0.453. The van der Waals surface area contributed by atoms with Crippen LogP contribution in [-0.2, 0) is 0 Å². The molecule has 3 rings (SSSR count). The van der Waals surface area contributed by atoms with Gasteiger partial charge in [0.2, 0.25) is 0 Å². The highest BCUT2D eigenvalue weighted by atomic mass is 14.2. The van der Waals surface area contributed by atoms with Gasteiger partial charge in [0.1, 0.15) is 0 Å². The zero-order valence-corrected chi connectivity index (χ0v) is 18.0. The van der Waals surface area contributed by atoms with E-state index >= 15 is 0 Å². The van der Waals surface area contributed by atoms with Crippen molar-refractivity contribution in [1.82, 2.24) is 0 Å². The van der Waals surface area contributed by atoms with Gasteiger partial charge in [-0.1, -0.05) is 86.6 Å². The summed E-state index contributed by atoms with van der Waals surface area (Å²) in [4.78, 5) is 0. The van der Waals surface area contributed by atoms with E-state index in [0.29, 0.717) is 11.8 Å². The van der Waals surface area contributed by atoms with Crippen LogP contribution in [-0.4, -0.2) is 0 Å². The van der Waals surface area contributed by atoms with E-state index < -0.39 is 0 Å². The van der Waals surface area contributed by atoms with Gasteiger partial charge in [-0.3, -0.25) is 0 Å². The van der Waals surface area contributed by atoms with Gasteiger partial charge in [-0.15, -0.1) is 6.58 Å². The second kappa shape index (κ2) is 9.92. The zero-order chi connectivity index (χ0) is 19.9. The Hall–Kier alpha value is -2.08. The fourth-order valence-electron chi connectivity index (χ4n) is 4.26. The smallest absolute Gasteiger partial charge is 0.00482 e. The summed E-state index contributed by atoms with van der Waals surface area (Å²) >= 11 is 0. The SMILES string of the molecule is C=CC(C)/C=C\C(C)C1=CC=C(C2=CC=C(C3=CC=C(CC)CC3)CC2)CC1. The predicted molar refractivity (Wildman–Crippen MR) is 124 cm³/mol. The summed E-state index contributed by atoms with van der Waals surface area (Å²) in [6, 6.07) is 0. The molecule has 0 radical (unpaired) electrons. The average molecular weight is 373 g/mol. The molecule has 0 aromatic rings. The van der Waals surface area contributed by atoms with Crippen LogP contribution in [0.5, 0.6) is 0 Å². The second-order valence-electron chi connectivity index (χ2n) is 8.46. The topological polar surface area (TPSA) is 0 Å². The van der Waals surface area contributed by atoms with Crippen molar-refractivity contribution in [3.63, 3.8) is 0 Å². The van der Waals surface area contributed by atoms with E-state index in [1.54, 1.807) is 33.4 Å². The fourth-order valence-corrected chi connectivity index (χ4v) is 4.26. The maximum atomic E-state index is 3.86. The van der Waals surface area contributed by atoms with Gasteiger partial charge in [-0.25, -0.2) is 0 Å². The molecular weight excluding hydrogens is 336 g/mol. The van der Waals surface area contributed by atoms with Crippen LogP contribution in [0.4, 0.5) is 0 Å². The molecule has 3 aliphatic rings. The molecule has 0 aromatic carbocycles. The lowest BCUT2D eigenvalue weighted by Crippen LogP contribution is -2.05. The molecule has 0 heteroatoms. The molecule has 0 N–H and O–H groups in total. The Morgan fingerprint density at radius 3 is 1.71 bits per heavy atom. The van der Waals surface area contributed by atoms with Gasteiger partial charge in [-0.2, -0.15) is 0 Å². The summed E-state index contributed by atoms with van der Waals surface area (Å²) < 4.78 is 0. The zero-order valence-electron chi connectivity index (χ0n) is 18.0. The molecule has 0 saturated heterocycles. The van der Waals surface area contributed by atoms with Crippen LogP contribution >= 0.6 is 0 Å². The Kier molecular flexibility index (Phi) is 7.31. The maximum absolute atomic E-state index is 3.86. The molecule has 3 aliphatic carbocycles. The first-order valence-electron chi connectivity index (χ1n) is 11.1. The van der Waals surface area contributed by atoms with Gasteiger partial charge in [-0.05, 0) is 79.1 Å². The van der Waals surface area contributed by atoms with Gasteiger partial charge in [0.05, 0.1) is 0 Å². The van der Waals surface area contributed by atoms with Crippen LogP contribution in [0.15, 0.2) is 94.7 Å². The molecule has 2 unspecified atom stereocenters. The van der Waals surface area contributed by atoms with Crippen LogP contribution in [0.1, 0.15) is 65.7 Å². The van der Waals surface area contributed by atoms with Crippen molar-refractivity contribution in [3.8, 4) is 0 Å². The van der Waals surface area contributed by atoms with Crippen LogP contribution < -0.4 is 0 Å². The van der Waals surface area contributed by atoms with Crippen molar-refractivity contribution < 1.29 is 0 Å². The van der Waals surface area contributed by atoms with E-state index in [4.69, 9.17) is 0 Å². The highest BCUT2D eigenvalue weighted by Crippen LogP contribution is 2.36. The lowest BCUT2D eigenvalue weighted by Gasteiger charge is -2.23. The van der Waals surface area contributed by atoms with Gasteiger partial charge < -0.3 is 0 Å². The molecule has 148 valence electrons. The van der Waals surface area contributed by atoms with Crippen molar-refractivity contribution in [2.24, 2.45) is 11.8 Å². The number of hydrogen-bond donors (Lipinski definition) is 0. The van der Waals surface area contributed by atoms with Crippen molar-refractivity contribution in [2.75, 3.05) is 0 Å². The number of hydrogen-bond acceptors (Lipinski definition) is 0. The average Bonchev–Trinajstić information content (AvgIpc) is 2.77. The summed E-state index contributed by atoms with van der Waals surface area (Å²) in [5.74, 6) is 0.973. The molecule has 0 fully saturated rings. The third-order valence-electron chi connectivity index (χ3n) is 6.51. The van der Waals surface area contributed by atoms with E-state index in [2.05, 4.69) is 76.0 Å². The largest absolute Gasteiger partial charge is 0.102 e. The molecule has 28 heavy (non-hydrogen) atoms. The van der Waals surface area contributed by atoms with Crippen molar-refractivity contribution in [3.05, 3.63) is 94.7 Å². The third-order valence-corrected chi connectivity index (χ3v) is 6.51. The quantitative estimate of drug-likeness (QED) is 0.394. The molecule has 0 saturated carbocycles. The third kappa shape index (κ3) is 5.25. The first-order chi connectivity index (χ1) is 13.6. The lowest BCUT2D eigenvalue weighted by atomic mass is 9.82. The summed E-state index contributed by atoms with van der Waals surface area (Å²) in [6.45, 7) is 10.6. The molecule has 0 amide bonds. The highest BCUT2D eigenvalue weighted by Gasteiger charge is 2.17. The Morgan fingerprint density at radius 1 is 0.750 bits per heavy atom. The molecule has 0 nitrogen and oxygen atoms in total. The van der Waals surface area contributed by atoms with Crippen molar-refractivity contribution in [1.29, 1.82) is 0 Å². The molecule has 2 atom stereocenters. The molecule has 0 aromatic heterocycles. The lowest BCUT2D eigenvalue weighted by molar-refractivity contribution is 0.746. The molecule has 0 spiro atoms. The maximum Gasteiger partial charge on any atom is -0.00482 e.